The van der Waals surface area contributed by atoms with Crippen molar-refractivity contribution in [1.82, 2.24) is 4.72 Å². The van der Waals surface area contributed by atoms with Gasteiger partial charge in [0, 0.05) is 6.54 Å². The van der Waals surface area contributed by atoms with E-state index in [2.05, 4.69) is 4.72 Å². The number of aliphatic hydroxyl groups is 1. The Bertz CT molecular complexity index is 541. The van der Waals surface area contributed by atoms with Gasteiger partial charge in [-0.1, -0.05) is 43.0 Å². The second kappa shape index (κ2) is 6.89. The summed E-state index contributed by atoms with van der Waals surface area (Å²) in [7, 11) is -3.67. The quantitative estimate of drug-likeness (QED) is 0.877. The molecule has 0 unspecified atom stereocenters. The Balaban J connectivity index is 1.97. The van der Waals surface area contributed by atoms with Crippen molar-refractivity contribution in [2.45, 2.75) is 43.1 Å². The van der Waals surface area contributed by atoms with Crippen LogP contribution in [0.4, 0.5) is 0 Å². The zero-order valence-corrected chi connectivity index (χ0v) is 12.8. The van der Waals surface area contributed by atoms with Crippen molar-refractivity contribution in [1.29, 1.82) is 0 Å². The minimum Gasteiger partial charge on any atom is -0.391 e. The summed E-state index contributed by atoms with van der Waals surface area (Å²) in [6, 6.07) is 6.29. The Hall–Kier alpha value is -0.620. The minimum atomic E-state index is -3.67. The molecule has 0 saturated heterocycles. The van der Waals surface area contributed by atoms with Gasteiger partial charge < -0.3 is 5.11 Å². The Morgan fingerprint density at radius 1 is 1.25 bits per heavy atom. The Morgan fingerprint density at radius 3 is 2.55 bits per heavy atom. The van der Waals surface area contributed by atoms with Crippen LogP contribution in [0.3, 0.4) is 0 Å². The topological polar surface area (TPSA) is 66.4 Å². The first-order valence-electron chi connectivity index (χ1n) is 6.93. The summed E-state index contributed by atoms with van der Waals surface area (Å²) in [6.07, 6.45) is 4.73. The predicted molar refractivity (Wildman–Crippen MR) is 79.2 cm³/mol. The van der Waals surface area contributed by atoms with Gasteiger partial charge in [0.05, 0.1) is 11.1 Å². The molecule has 1 aliphatic rings. The zero-order valence-electron chi connectivity index (χ0n) is 11.3. The van der Waals surface area contributed by atoms with E-state index in [1.54, 1.807) is 12.1 Å². The van der Waals surface area contributed by atoms with Crippen molar-refractivity contribution in [3.63, 3.8) is 0 Å². The lowest BCUT2D eigenvalue weighted by Crippen LogP contribution is -2.37. The number of halogens is 1. The molecular weight excluding hydrogens is 298 g/mol. The van der Waals surface area contributed by atoms with Gasteiger partial charge in [0.1, 0.15) is 4.90 Å². The molecule has 4 nitrogen and oxygen atoms in total. The summed E-state index contributed by atoms with van der Waals surface area (Å²) in [5, 5.41) is 10.3. The van der Waals surface area contributed by atoms with Crippen LogP contribution < -0.4 is 4.72 Å². The SMILES string of the molecule is O=S(=O)(NC[C@H](O)C1CCCCC1)c1ccccc1Cl. The molecule has 20 heavy (non-hydrogen) atoms. The molecule has 0 heterocycles. The highest BCUT2D eigenvalue weighted by molar-refractivity contribution is 7.89. The second-order valence-electron chi connectivity index (χ2n) is 5.25. The first-order chi connectivity index (χ1) is 9.50. The Labute approximate surface area is 125 Å². The first kappa shape index (κ1) is 15.8. The lowest BCUT2D eigenvalue weighted by atomic mass is 9.85. The lowest BCUT2D eigenvalue weighted by Gasteiger charge is -2.26. The molecule has 1 saturated carbocycles. The van der Waals surface area contributed by atoms with Crippen LogP contribution in [0.25, 0.3) is 0 Å². The van der Waals surface area contributed by atoms with E-state index in [1.165, 1.54) is 18.6 Å². The number of sulfonamides is 1. The molecule has 1 aliphatic carbocycles. The molecule has 2 N–H and O–H groups in total. The van der Waals surface area contributed by atoms with Crippen LogP contribution in [-0.4, -0.2) is 26.2 Å². The van der Waals surface area contributed by atoms with Crippen LogP contribution in [-0.2, 0) is 10.0 Å². The summed E-state index contributed by atoms with van der Waals surface area (Å²) in [4.78, 5) is 0.0533. The van der Waals surface area contributed by atoms with Gasteiger partial charge >= 0.3 is 0 Å². The van der Waals surface area contributed by atoms with Crippen molar-refractivity contribution in [2.24, 2.45) is 5.92 Å². The third-order valence-electron chi connectivity index (χ3n) is 3.80. The van der Waals surface area contributed by atoms with E-state index in [-0.39, 0.29) is 22.4 Å². The number of hydrogen-bond acceptors (Lipinski definition) is 3. The first-order valence-corrected chi connectivity index (χ1v) is 8.79. The van der Waals surface area contributed by atoms with E-state index >= 15 is 0 Å². The fourth-order valence-corrected chi connectivity index (χ4v) is 4.19. The van der Waals surface area contributed by atoms with Crippen LogP contribution >= 0.6 is 11.6 Å². The number of aliphatic hydroxyl groups excluding tert-OH is 1. The van der Waals surface area contributed by atoms with Crippen molar-refractivity contribution in [2.75, 3.05) is 6.54 Å². The zero-order chi connectivity index (χ0) is 14.6. The minimum absolute atomic E-state index is 0.0399. The van der Waals surface area contributed by atoms with E-state index in [1.807, 2.05) is 0 Å². The molecule has 6 heteroatoms. The standard InChI is InChI=1S/C14H20ClNO3S/c15-12-8-4-5-9-14(12)20(18,19)16-10-13(17)11-6-2-1-3-7-11/h4-5,8-9,11,13,16-17H,1-3,6-7,10H2/t13-/m0/s1. The van der Waals surface area contributed by atoms with E-state index in [9.17, 15) is 13.5 Å². The second-order valence-corrected chi connectivity index (χ2v) is 7.39. The molecule has 1 fully saturated rings. The van der Waals surface area contributed by atoms with Gasteiger partial charge in [-0.2, -0.15) is 0 Å². The molecular formula is C14H20ClNO3S. The number of rotatable bonds is 5. The number of nitrogens with one attached hydrogen (secondary N) is 1. The molecule has 0 aliphatic heterocycles. The largest absolute Gasteiger partial charge is 0.391 e. The van der Waals surface area contributed by atoms with Crippen LogP contribution in [0.5, 0.6) is 0 Å². The fraction of sp³-hybridized carbons (Fsp3) is 0.571. The molecule has 0 radical (unpaired) electrons. The van der Waals surface area contributed by atoms with Crippen LogP contribution in [0.1, 0.15) is 32.1 Å². The van der Waals surface area contributed by atoms with E-state index < -0.39 is 16.1 Å². The monoisotopic (exact) mass is 317 g/mol. The van der Waals surface area contributed by atoms with Crippen molar-refractivity contribution < 1.29 is 13.5 Å². The summed E-state index contributed by atoms with van der Waals surface area (Å²) >= 11 is 5.89. The summed E-state index contributed by atoms with van der Waals surface area (Å²) in [6.45, 7) is 0.0399. The van der Waals surface area contributed by atoms with Crippen molar-refractivity contribution in [3.05, 3.63) is 29.3 Å². The maximum atomic E-state index is 12.1. The summed E-state index contributed by atoms with van der Waals surface area (Å²) in [5.74, 6) is 0.192. The van der Waals surface area contributed by atoms with Crippen LogP contribution in [0, 0.1) is 5.92 Å². The highest BCUT2D eigenvalue weighted by Gasteiger charge is 2.24. The molecule has 0 spiro atoms. The lowest BCUT2D eigenvalue weighted by molar-refractivity contribution is 0.0888. The normalized spacial score (nSPS) is 18.9. The third-order valence-corrected chi connectivity index (χ3v) is 5.73. The van der Waals surface area contributed by atoms with Crippen molar-refractivity contribution >= 4 is 21.6 Å². The Morgan fingerprint density at radius 2 is 1.90 bits per heavy atom. The fourth-order valence-electron chi connectivity index (χ4n) is 2.62. The van der Waals surface area contributed by atoms with E-state index in [4.69, 9.17) is 11.6 Å². The summed E-state index contributed by atoms with van der Waals surface area (Å²) < 4.78 is 26.7. The third kappa shape index (κ3) is 3.95. The smallest absolute Gasteiger partial charge is 0.242 e. The van der Waals surface area contributed by atoms with E-state index in [0.29, 0.717) is 0 Å². The highest BCUT2D eigenvalue weighted by Crippen LogP contribution is 2.26. The van der Waals surface area contributed by atoms with Gasteiger partial charge in [-0.25, -0.2) is 13.1 Å². The van der Waals surface area contributed by atoms with Gasteiger partial charge in [0.25, 0.3) is 0 Å². The number of benzene rings is 1. The molecule has 0 amide bonds. The maximum Gasteiger partial charge on any atom is 0.242 e. The van der Waals surface area contributed by atoms with Gasteiger partial charge in [-0.3, -0.25) is 0 Å². The van der Waals surface area contributed by atoms with Gasteiger partial charge in [0.15, 0.2) is 0 Å². The molecule has 1 aromatic rings. The Kier molecular flexibility index (Phi) is 5.43. The molecule has 2 rings (SSSR count). The van der Waals surface area contributed by atoms with Gasteiger partial charge in [-0.15, -0.1) is 0 Å². The maximum absolute atomic E-state index is 12.1. The van der Waals surface area contributed by atoms with Crippen molar-refractivity contribution in [3.8, 4) is 0 Å². The van der Waals surface area contributed by atoms with Crippen LogP contribution in [0.15, 0.2) is 29.2 Å². The molecule has 1 atom stereocenters. The molecule has 0 bridgehead atoms. The average Bonchev–Trinajstić information content (AvgIpc) is 2.46. The highest BCUT2D eigenvalue weighted by atomic mass is 35.5. The van der Waals surface area contributed by atoms with Gasteiger partial charge in [0.2, 0.25) is 10.0 Å². The molecule has 1 aromatic carbocycles. The molecule has 0 aromatic heterocycles. The van der Waals surface area contributed by atoms with E-state index in [0.717, 1.165) is 25.7 Å². The predicted octanol–water partition coefficient (Wildman–Crippen LogP) is 2.56. The average molecular weight is 318 g/mol. The summed E-state index contributed by atoms with van der Waals surface area (Å²) in [5.41, 5.74) is 0. The van der Waals surface area contributed by atoms with Gasteiger partial charge in [-0.05, 0) is 30.9 Å². The number of hydrogen-bond donors (Lipinski definition) is 2. The van der Waals surface area contributed by atoms with Crippen LogP contribution in [0.2, 0.25) is 5.02 Å². The molecule has 112 valence electrons.